The highest BCUT2D eigenvalue weighted by Crippen LogP contribution is 2.16. The van der Waals surface area contributed by atoms with Gasteiger partial charge >= 0.3 is 5.97 Å². The van der Waals surface area contributed by atoms with Gasteiger partial charge in [-0.15, -0.1) is 0 Å². The molecule has 0 bridgehead atoms. The quantitative estimate of drug-likeness (QED) is 0.509. The van der Waals surface area contributed by atoms with E-state index in [0.29, 0.717) is 23.5 Å². The largest absolute Gasteiger partial charge is 0.469 e. The number of carbonyl (C=O) groups is 1. The number of rotatable bonds is 5. The summed E-state index contributed by atoms with van der Waals surface area (Å²) in [4.78, 5) is 10.9. The zero-order chi connectivity index (χ0) is 14.1. The van der Waals surface area contributed by atoms with Crippen molar-refractivity contribution in [3.05, 3.63) is 35.1 Å². The highest BCUT2D eigenvalue weighted by molar-refractivity contribution is 7.98. The monoisotopic (exact) mass is 281 g/mol. The fourth-order valence-electron chi connectivity index (χ4n) is 1.41. The predicted octanol–water partition coefficient (Wildman–Crippen LogP) is 1.93. The molecule has 1 aromatic carbocycles. The summed E-state index contributed by atoms with van der Waals surface area (Å²) < 4.78 is 17.9. The van der Waals surface area contributed by atoms with Crippen LogP contribution in [0, 0.1) is 17.7 Å². The van der Waals surface area contributed by atoms with E-state index >= 15 is 0 Å². The molecule has 0 saturated carbocycles. The van der Waals surface area contributed by atoms with Crippen LogP contribution in [-0.4, -0.2) is 25.4 Å². The molecule has 1 aromatic rings. The first kappa shape index (κ1) is 15.5. The van der Waals surface area contributed by atoms with Crippen molar-refractivity contribution in [1.29, 1.82) is 0 Å². The average Bonchev–Trinajstić information content (AvgIpc) is 2.40. The van der Waals surface area contributed by atoms with Gasteiger partial charge in [0.25, 0.3) is 0 Å². The number of hydrogen-bond donors (Lipinski definition) is 1. The number of nitrogens with two attached hydrogens (primary N) is 1. The lowest BCUT2D eigenvalue weighted by Gasteiger charge is -2.03. The molecule has 0 fully saturated rings. The molecule has 1 rings (SSSR count). The zero-order valence-electron chi connectivity index (χ0n) is 10.7. The number of methoxy groups -OCH3 is 1. The third-order valence-corrected chi connectivity index (χ3v) is 3.27. The van der Waals surface area contributed by atoms with E-state index in [1.807, 2.05) is 6.07 Å². The fourth-order valence-corrected chi connectivity index (χ4v) is 2.26. The average molecular weight is 281 g/mol. The molecule has 102 valence electrons. The number of hydrogen-bond acceptors (Lipinski definition) is 4. The third kappa shape index (κ3) is 6.27. The second-order valence-electron chi connectivity index (χ2n) is 3.73. The maximum atomic E-state index is 13.4. The van der Waals surface area contributed by atoms with Crippen LogP contribution in [0.15, 0.2) is 18.2 Å². The molecule has 0 heterocycles. The van der Waals surface area contributed by atoms with Crippen molar-refractivity contribution in [2.45, 2.75) is 12.2 Å². The van der Waals surface area contributed by atoms with Gasteiger partial charge in [0.1, 0.15) is 5.82 Å². The molecule has 5 heteroatoms. The van der Waals surface area contributed by atoms with Gasteiger partial charge in [0, 0.05) is 17.1 Å². The number of ether oxygens (including phenoxy) is 1. The maximum absolute atomic E-state index is 13.4. The standard InChI is InChI=1S/C14H16FNO2S/c1-18-14(17)4-6-19-10-12-7-11(3-2-5-16)8-13(15)9-12/h7-9H,4-6,10,16H2,1H3. The molecule has 0 radical (unpaired) electrons. The van der Waals surface area contributed by atoms with Crippen molar-refractivity contribution >= 4 is 17.7 Å². The summed E-state index contributed by atoms with van der Waals surface area (Å²) in [6.45, 7) is 0.250. The first-order chi connectivity index (χ1) is 9.15. The Morgan fingerprint density at radius 1 is 1.47 bits per heavy atom. The van der Waals surface area contributed by atoms with Gasteiger partial charge < -0.3 is 10.5 Å². The summed E-state index contributed by atoms with van der Waals surface area (Å²) in [5.41, 5.74) is 6.74. The summed E-state index contributed by atoms with van der Waals surface area (Å²) in [6, 6.07) is 4.68. The van der Waals surface area contributed by atoms with Crippen molar-refractivity contribution in [3.8, 4) is 11.8 Å². The molecule has 0 spiro atoms. The predicted molar refractivity (Wildman–Crippen MR) is 75.1 cm³/mol. The molecule has 0 amide bonds. The Bertz CT molecular complexity index is 494. The number of benzene rings is 1. The minimum atomic E-state index is -0.313. The summed E-state index contributed by atoms with van der Waals surface area (Å²) in [5.74, 6) is 6.23. The van der Waals surface area contributed by atoms with E-state index in [-0.39, 0.29) is 18.3 Å². The van der Waals surface area contributed by atoms with Crippen LogP contribution in [-0.2, 0) is 15.3 Å². The zero-order valence-corrected chi connectivity index (χ0v) is 11.6. The SMILES string of the molecule is COC(=O)CCSCc1cc(F)cc(C#CCN)c1. The van der Waals surface area contributed by atoms with Gasteiger partial charge in [-0.25, -0.2) is 4.39 Å². The second kappa shape index (κ2) is 8.57. The fraction of sp³-hybridized carbons (Fsp3) is 0.357. The highest BCUT2D eigenvalue weighted by Gasteiger charge is 2.02. The van der Waals surface area contributed by atoms with E-state index < -0.39 is 0 Å². The summed E-state index contributed by atoms with van der Waals surface area (Å²) in [6.07, 6.45) is 0.357. The summed E-state index contributed by atoms with van der Waals surface area (Å²) >= 11 is 1.55. The Hall–Kier alpha value is -1.51. The lowest BCUT2D eigenvalue weighted by atomic mass is 10.1. The van der Waals surface area contributed by atoms with Crippen LogP contribution in [0.5, 0.6) is 0 Å². The number of thioether (sulfide) groups is 1. The molecule has 2 N–H and O–H groups in total. The molecule has 0 aliphatic heterocycles. The molecule has 0 saturated heterocycles. The number of halogens is 1. The first-order valence-corrected chi connectivity index (χ1v) is 6.94. The Morgan fingerprint density at radius 2 is 2.26 bits per heavy atom. The van der Waals surface area contributed by atoms with Crippen LogP contribution in [0.3, 0.4) is 0 Å². The van der Waals surface area contributed by atoms with Gasteiger partial charge in [0.2, 0.25) is 0 Å². The molecule has 3 nitrogen and oxygen atoms in total. The molecular formula is C14H16FNO2S. The van der Waals surface area contributed by atoms with Crippen LogP contribution in [0.2, 0.25) is 0 Å². The van der Waals surface area contributed by atoms with Crippen LogP contribution >= 0.6 is 11.8 Å². The Morgan fingerprint density at radius 3 is 2.95 bits per heavy atom. The van der Waals surface area contributed by atoms with Crippen molar-refractivity contribution in [2.24, 2.45) is 5.73 Å². The molecular weight excluding hydrogens is 265 g/mol. The second-order valence-corrected chi connectivity index (χ2v) is 4.84. The summed E-state index contributed by atoms with van der Waals surface area (Å²) in [7, 11) is 1.36. The van der Waals surface area contributed by atoms with Gasteiger partial charge in [0.15, 0.2) is 0 Å². The minimum Gasteiger partial charge on any atom is -0.469 e. The maximum Gasteiger partial charge on any atom is 0.306 e. The van der Waals surface area contributed by atoms with Crippen molar-refractivity contribution < 1.29 is 13.9 Å². The van der Waals surface area contributed by atoms with E-state index in [4.69, 9.17) is 5.73 Å². The first-order valence-electron chi connectivity index (χ1n) is 5.78. The molecule has 0 aliphatic carbocycles. The Labute approximate surface area is 116 Å². The topological polar surface area (TPSA) is 52.3 Å². The van der Waals surface area contributed by atoms with Crippen LogP contribution < -0.4 is 5.73 Å². The van der Waals surface area contributed by atoms with Crippen LogP contribution in [0.25, 0.3) is 0 Å². The van der Waals surface area contributed by atoms with Gasteiger partial charge in [-0.05, 0) is 23.8 Å². The minimum absolute atomic E-state index is 0.235. The van der Waals surface area contributed by atoms with Gasteiger partial charge in [-0.3, -0.25) is 4.79 Å². The van der Waals surface area contributed by atoms with Gasteiger partial charge in [0.05, 0.1) is 20.1 Å². The van der Waals surface area contributed by atoms with Gasteiger partial charge in [-0.2, -0.15) is 11.8 Å². The molecule has 0 aliphatic rings. The van der Waals surface area contributed by atoms with E-state index in [9.17, 15) is 9.18 Å². The van der Waals surface area contributed by atoms with E-state index in [2.05, 4.69) is 16.6 Å². The lowest BCUT2D eigenvalue weighted by Crippen LogP contribution is -2.01. The molecule has 0 unspecified atom stereocenters. The van der Waals surface area contributed by atoms with Crippen molar-refractivity contribution in [3.63, 3.8) is 0 Å². The smallest absolute Gasteiger partial charge is 0.306 e. The Balaban J connectivity index is 2.53. The van der Waals surface area contributed by atoms with Crippen LogP contribution in [0.4, 0.5) is 4.39 Å². The van der Waals surface area contributed by atoms with Crippen LogP contribution in [0.1, 0.15) is 17.5 Å². The normalized spacial score (nSPS) is 9.63. The summed E-state index contributed by atoms with van der Waals surface area (Å²) in [5, 5.41) is 0. The van der Waals surface area contributed by atoms with Crippen molar-refractivity contribution in [2.75, 3.05) is 19.4 Å². The Kier molecular flexibility index (Phi) is 7.01. The number of carbonyl (C=O) groups excluding carboxylic acids is 1. The number of esters is 1. The lowest BCUT2D eigenvalue weighted by molar-refractivity contribution is -0.140. The molecule has 19 heavy (non-hydrogen) atoms. The highest BCUT2D eigenvalue weighted by atomic mass is 32.2. The van der Waals surface area contributed by atoms with E-state index in [0.717, 1.165) is 5.56 Å². The van der Waals surface area contributed by atoms with Crippen molar-refractivity contribution in [1.82, 2.24) is 0 Å². The van der Waals surface area contributed by atoms with E-state index in [1.54, 1.807) is 11.8 Å². The van der Waals surface area contributed by atoms with Gasteiger partial charge in [-0.1, -0.05) is 11.8 Å². The van der Waals surface area contributed by atoms with E-state index in [1.165, 1.54) is 19.2 Å². The molecule has 0 aromatic heterocycles. The third-order valence-electron chi connectivity index (χ3n) is 2.24. The molecule has 0 atom stereocenters.